The lowest BCUT2D eigenvalue weighted by Crippen LogP contribution is -2.44. The number of thiophene rings is 1. The zero-order valence-electron chi connectivity index (χ0n) is 21.6. The third-order valence-corrected chi connectivity index (χ3v) is 7.44. The van der Waals surface area contributed by atoms with E-state index in [1.807, 2.05) is 25.6 Å². The number of hydrogen-bond donors (Lipinski definition) is 2. The molecule has 1 unspecified atom stereocenters. The maximum atomic E-state index is 10.6. The van der Waals surface area contributed by atoms with Crippen molar-refractivity contribution in [3.8, 4) is 0 Å². The number of methoxy groups -OCH3 is 1. The Morgan fingerprint density at radius 2 is 1.60 bits per heavy atom. The summed E-state index contributed by atoms with van der Waals surface area (Å²) in [5.74, 6) is -4.85. The van der Waals surface area contributed by atoms with Gasteiger partial charge in [-0.3, -0.25) is 14.8 Å². The fraction of sp³-hybridized carbons (Fsp3) is 0.560. The predicted molar refractivity (Wildman–Crippen MR) is 134 cm³/mol. The van der Waals surface area contributed by atoms with Crippen molar-refractivity contribution in [1.82, 2.24) is 14.8 Å². The number of piperidine rings is 1. The average Bonchev–Trinajstić information content (AvgIpc) is 3.49. The van der Waals surface area contributed by atoms with Crippen LogP contribution in [-0.4, -0.2) is 89.2 Å². The van der Waals surface area contributed by atoms with Gasteiger partial charge in [-0.15, -0.1) is 0 Å². The lowest BCUT2D eigenvalue weighted by molar-refractivity contribution is -0.193. The molecule has 15 heteroatoms. The van der Waals surface area contributed by atoms with Crippen molar-refractivity contribution in [2.45, 2.75) is 38.3 Å². The van der Waals surface area contributed by atoms with Crippen LogP contribution in [0.25, 0.3) is 0 Å². The largest absolute Gasteiger partial charge is 0.490 e. The monoisotopic (exact) mass is 599 g/mol. The summed E-state index contributed by atoms with van der Waals surface area (Å²) >= 11 is 1.80. The van der Waals surface area contributed by atoms with E-state index in [2.05, 4.69) is 37.7 Å². The SMILES string of the molecule is COCC1CN(Cc2ccsc2)CC12CCN(Cc1cccnc1)CC2.O=C(O)C(F)(F)F.O=C(O)C(F)(F)F. The smallest absolute Gasteiger partial charge is 0.475 e. The molecule has 0 bridgehead atoms. The second kappa shape index (κ2) is 14.8. The number of pyridine rings is 1. The van der Waals surface area contributed by atoms with Gasteiger partial charge in [0.2, 0.25) is 0 Å². The summed E-state index contributed by atoms with van der Waals surface area (Å²) in [5, 5.41) is 18.7. The van der Waals surface area contributed by atoms with Crippen LogP contribution in [0.5, 0.6) is 0 Å². The molecule has 2 saturated heterocycles. The van der Waals surface area contributed by atoms with Crippen molar-refractivity contribution in [3.05, 3.63) is 52.5 Å². The Bertz CT molecular complexity index is 1020. The number of alkyl halides is 6. The number of carboxylic acid groups (broad SMARTS) is 2. The molecule has 0 saturated carbocycles. The molecule has 40 heavy (non-hydrogen) atoms. The highest BCUT2D eigenvalue weighted by molar-refractivity contribution is 7.07. The molecule has 4 heterocycles. The van der Waals surface area contributed by atoms with Gasteiger partial charge in [0.15, 0.2) is 0 Å². The van der Waals surface area contributed by atoms with E-state index in [9.17, 15) is 26.3 Å². The number of rotatable bonds is 6. The number of nitrogens with zero attached hydrogens (tertiary/aromatic N) is 3. The van der Waals surface area contributed by atoms with Crippen molar-refractivity contribution in [2.24, 2.45) is 11.3 Å². The van der Waals surface area contributed by atoms with Crippen LogP contribution in [0, 0.1) is 11.3 Å². The Hall–Kier alpha value is -2.75. The summed E-state index contributed by atoms with van der Waals surface area (Å²) in [7, 11) is 1.85. The van der Waals surface area contributed by atoms with Crippen molar-refractivity contribution in [3.63, 3.8) is 0 Å². The van der Waals surface area contributed by atoms with Crippen LogP contribution in [0.2, 0.25) is 0 Å². The number of likely N-dealkylation sites (tertiary alicyclic amines) is 2. The van der Waals surface area contributed by atoms with Crippen LogP contribution in [0.1, 0.15) is 24.0 Å². The summed E-state index contributed by atoms with van der Waals surface area (Å²) < 4.78 is 69.1. The van der Waals surface area contributed by atoms with E-state index in [0.717, 1.165) is 19.7 Å². The lowest BCUT2D eigenvalue weighted by Gasteiger charge is -2.42. The molecule has 2 aliphatic rings. The fourth-order valence-electron chi connectivity index (χ4n) is 4.81. The van der Waals surface area contributed by atoms with E-state index in [-0.39, 0.29) is 0 Å². The molecule has 2 fully saturated rings. The van der Waals surface area contributed by atoms with Gasteiger partial charge in [0.05, 0.1) is 6.61 Å². The summed E-state index contributed by atoms with van der Waals surface area (Å²) in [6.07, 6.45) is -3.76. The molecule has 1 spiro atoms. The van der Waals surface area contributed by atoms with Crippen molar-refractivity contribution in [1.29, 1.82) is 0 Å². The van der Waals surface area contributed by atoms with Gasteiger partial charge in [-0.2, -0.15) is 37.7 Å². The molecule has 8 nitrogen and oxygen atoms in total. The van der Waals surface area contributed by atoms with E-state index in [0.29, 0.717) is 11.3 Å². The number of aromatic nitrogens is 1. The second-order valence-corrected chi connectivity index (χ2v) is 10.3. The van der Waals surface area contributed by atoms with Crippen LogP contribution in [0.3, 0.4) is 0 Å². The molecule has 0 aromatic carbocycles. The van der Waals surface area contributed by atoms with Gasteiger partial charge in [0, 0.05) is 51.6 Å². The highest BCUT2D eigenvalue weighted by Crippen LogP contribution is 2.45. The Morgan fingerprint density at radius 1 is 1.02 bits per heavy atom. The molecule has 4 rings (SSSR count). The van der Waals surface area contributed by atoms with Gasteiger partial charge >= 0.3 is 24.3 Å². The first-order valence-electron chi connectivity index (χ1n) is 12.1. The zero-order chi connectivity index (χ0) is 30.0. The van der Waals surface area contributed by atoms with Crippen LogP contribution >= 0.6 is 11.3 Å². The number of ether oxygens (including phenoxy) is 1. The molecule has 224 valence electrons. The lowest BCUT2D eigenvalue weighted by atomic mass is 9.71. The minimum atomic E-state index is -5.08. The van der Waals surface area contributed by atoms with Crippen molar-refractivity contribution in [2.75, 3.05) is 39.9 Å². The molecule has 1 atom stereocenters. The molecule has 0 aliphatic carbocycles. The molecule has 2 aromatic heterocycles. The minimum Gasteiger partial charge on any atom is -0.475 e. The second-order valence-electron chi connectivity index (χ2n) is 9.56. The Balaban J connectivity index is 0.000000333. The standard InChI is InChI=1S/C21H29N3OS.2C2HF3O2/c1-25-15-20-14-24(13-19-4-10-26-16-19)17-21(20)5-8-23(9-6-21)12-18-3-2-7-22-11-18;2*3-2(4,5)1(6)7/h2-4,7,10-11,16,20H,5-6,8-9,12-15,17H2,1H3;2*(H,6,7). The number of carbonyl (C=O) groups is 2. The Morgan fingerprint density at radius 3 is 2.05 bits per heavy atom. The fourth-order valence-corrected chi connectivity index (χ4v) is 5.47. The number of aliphatic carboxylic acids is 2. The first kappa shape index (κ1) is 33.5. The van der Waals surface area contributed by atoms with Gasteiger partial charge in [-0.1, -0.05) is 6.07 Å². The van der Waals surface area contributed by atoms with E-state index in [1.165, 1.54) is 50.1 Å². The quantitative estimate of drug-likeness (QED) is 0.458. The van der Waals surface area contributed by atoms with Gasteiger partial charge < -0.3 is 14.9 Å². The van der Waals surface area contributed by atoms with Crippen LogP contribution in [-0.2, 0) is 27.4 Å². The van der Waals surface area contributed by atoms with E-state index in [4.69, 9.17) is 24.5 Å². The van der Waals surface area contributed by atoms with Crippen LogP contribution in [0.15, 0.2) is 41.4 Å². The highest BCUT2D eigenvalue weighted by atomic mass is 32.1. The van der Waals surface area contributed by atoms with E-state index < -0.39 is 24.3 Å². The van der Waals surface area contributed by atoms with Gasteiger partial charge in [-0.25, -0.2) is 9.59 Å². The Labute approximate surface area is 231 Å². The maximum Gasteiger partial charge on any atom is 0.490 e. The number of hydrogen-bond acceptors (Lipinski definition) is 7. The number of halogens is 6. The normalized spacial score (nSPS) is 19.3. The van der Waals surface area contributed by atoms with E-state index in [1.54, 1.807) is 11.3 Å². The van der Waals surface area contributed by atoms with Crippen molar-refractivity contribution >= 4 is 23.3 Å². The first-order valence-corrected chi connectivity index (χ1v) is 13.0. The molecule has 2 aromatic rings. The van der Waals surface area contributed by atoms with Gasteiger partial charge in [0.1, 0.15) is 0 Å². The molecular weight excluding hydrogens is 568 g/mol. The van der Waals surface area contributed by atoms with Gasteiger partial charge in [0.25, 0.3) is 0 Å². The minimum absolute atomic E-state index is 0.428. The molecule has 2 N–H and O–H groups in total. The topological polar surface area (TPSA) is 103 Å². The van der Waals surface area contributed by atoms with Crippen LogP contribution < -0.4 is 0 Å². The third-order valence-electron chi connectivity index (χ3n) is 6.70. The number of carboxylic acids is 2. The van der Waals surface area contributed by atoms with E-state index >= 15 is 0 Å². The molecule has 0 amide bonds. The maximum absolute atomic E-state index is 10.6. The molecule has 0 radical (unpaired) electrons. The third kappa shape index (κ3) is 10.7. The average molecular weight is 600 g/mol. The zero-order valence-corrected chi connectivity index (χ0v) is 22.4. The summed E-state index contributed by atoms with van der Waals surface area (Å²) in [4.78, 5) is 27.3. The summed E-state index contributed by atoms with van der Waals surface area (Å²) in [6, 6.07) is 6.48. The van der Waals surface area contributed by atoms with Gasteiger partial charge in [-0.05, 0) is 65.4 Å². The highest BCUT2D eigenvalue weighted by Gasteiger charge is 2.47. The first-order chi connectivity index (χ1) is 18.7. The van der Waals surface area contributed by atoms with Crippen molar-refractivity contribution < 1.29 is 50.9 Å². The summed E-state index contributed by atoms with van der Waals surface area (Å²) in [5.41, 5.74) is 3.21. The summed E-state index contributed by atoms with van der Waals surface area (Å²) in [6.45, 7) is 7.76. The molecular formula is C25H31F6N3O5S. The predicted octanol–water partition coefficient (Wildman–Crippen LogP) is 4.77. The van der Waals surface area contributed by atoms with Crippen LogP contribution in [0.4, 0.5) is 26.3 Å². The molecule has 2 aliphatic heterocycles. The Kier molecular flexibility index (Phi) is 12.3.